The third kappa shape index (κ3) is 3.55. The third-order valence-corrected chi connectivity index (χ3v) is 9.20. The van der Waals surface area contributed by atoms with Crippen molar-refractivity contribution < 1.29 is 0 Å². The predicted octanol–water partition coefficient (Wildman–Crippen LogP) is 8.70. The highest BCUT2D eigenvalue weighted by Crippen LogP contribution is 2.38. The van der Waals surface area contributed by atoms with E-state index in [1.165, 1.54) is 10.8 Å². The number of fused-ring (bicyclic) bond motifs is 7. The third-order valence-electron chi connectivity index (χ3n) is 9.20. The van der Waals surface area contributed by atoms with Crippen molar-refractivity contribution in [1.82, 2.24) is 19.1 Å². The van der Waals surface area contributed by atoms with Crippen molar-refractivity contribution in [3.05, 3.63) is 163 Å². The summed E-state index contributed by atoms with van der Waals surface area (Å²) in [7, 11) is 0. The number of aromatic nitrogens is 3. The van der Waals surface area contributed by atoms with Gasteiger partial charge in [-0.2, -0.15) is 0 Å². The summed E-state index contributed by atoms with van der Waals surface area (Å²) in [6.07, 6.45) is 1.66. The topological polar surface area (TPSA) is 58.5 Å². The van der Waals surface area contributed by atoms with E-state index in [1.807, 2.05) is 30.6 Å². The fourth-order valence-corrected chi connectivity index (χ4v) is 7.21. The van der Waals surface area contributed by atoms with E-state index in [-0.39, 0.29) is 6.17 Å². The average molecular weight is 591 g/mol. The largest absolute Gasteiger partial charge is 0.344 e. The quantitative estimate of drug-likeness (QED) is 0.224. The van der Waals surface area contributed by atoms with Crippen molar-refractivity contribution in [2.75, 3.05) is 0 Å². The number of rotatable bonds is 3. The molecule has 6 nitrogen and oxygen atoms in total. The molecule has 10 rings (SSSR count). The van der Waals surface area contributed by atoms with E-state index >= 15 is 0 Å². The molecule has 0 aliphatic carbocycles. The van der Waals surface area contributed by atoms with Gasteiger partial charge < -0.3 is 9.72 Å². The summed E-state index contributed by atoms with van der Waals surface area (Å²) in [5, 5.41) is 8.35. The van der Waals surface area contributed by atoms with Gasteiger partial charge in [0.25, 0.3) is 0 Å². The maximum Gasteiger partial charge on any atom is 0.159 e. The molecule has 4 heterocycles. The Bertz CT molecular complexity index is 2720. The van der Waals surface area contributed by atoms with Crippen molar-refractivity contribution in [2.45, 2.75) is 6.17 Å². The number of benzene rings is 6. The zero-order valence-corrected chi connectivity index (χ0v) is 24.7. The number of amidine groups is 2. The Hall–Kier alpha value is -6.27. The van der Waals surface area contributed by atoms with Crippen LogP contribution in [-0.4, -0.2) is 25.5 Å². The van der Waals surface area contributed by atoms with Crippen LogP contribution in [0.2, 0.25) is 0 Å². The first-order chi connectivity index (χ1) is 22.8. The van der Waals surface area contributed by atoms with Crippen LogP contribution < -0.4 is 5.32 Å². The highest BCUT2D eigenvalue weighted by atomic mass is 15.2. The van der Waals surface area contributed by atoms with Gasteiger partial charge in [-0.05, 0) is 29.8 Å². The summed E-state index contributed by atoms with van der Waals surface area (Å²) in [5.41, 5.74) is 9.61. The number of nitrogens with zero attached hydrogens (tertiary/aromatic N) is 5. The molecule has 3 aromatic heterocycles. The molecule has 6 heteroatoms. The Kier molecular flexibility index (Phi) is 5.25. The number of hydrogen-bond acceptors (Lipinski definition) is 4. The highest BCUT2D eigenvalue weighted by molar-refractivity contribution is 6.24. The Morgan fingerprint density at radius 3 is 2.15 bits per heavy atom. The van der Waals surface area contributed by atoms with Gasteiger partial charge in [0.05, 0.1) is 33.1 Å². The second kappa shape index (κ2) is 9.61. The molecule has 1 N–H and O–H groups in total. The molecule has 46 heavy (non-hydrogen) atoms. The minimum absolute atomic E-state index is 0.297. The molecule has 1 atom stereocenters. The summed E-state index contributed by atoms with van der Waals surface area (Å²) in [4.78, 5) is 15.2. The van der Waals surface area contributed by atoms with E-state index in [2.05, 4.69) is 129 Å². The number of imidazole rings is 1. The van der Waals surface area contributed by atoms with Crippen LogP contribution in [0.4, 0.5) is 0 Å². The number of aliphatic imine (C=N–C) groups is 2. The molecule has 0 amide bonds. The Morgan fingerprint density at radius 1 is 0.565 bits per heavy atom. The lowest BCUT2D eigenvalue weighted by Gasteiger charge is -2.24. The maximum absolute atomic E-state index is 5.23. The fourth-order valence-electron chi connectivity index (χ4n) is 7.21. The molecule has 0 saturated heterocycles. The van der Waals surface area contributed by atoms with Crippen molar-refractivity contribution >= 4 is 66.3 Å². The lowest BCUT2D eigenvalue weighted by molar-refractivity contribution is 0.674. The summed E-state index contributed by atoms with van der Waals surface area (Å²) in [6, 6.07) is 48.8. The minimum atomic E-state index is -0.297. The predicted molar refractivity (Wildman–Crippen MR) is 188 cm³/mol. The van der Waals surface area contributed by atoms with E-state index in [1.54, 1.807) is 0 Å². The number of hydrogen-bond donors (Lipinski definition) is 1. The zero-order valence-electron chi connectivity index (χ0n) is 24.7. The first-order valence-electron chi connectivity index (χ1n) is 15.5. The van der Waals surface area contributed by atoms with E-state index < -0.39 is 0 Å². The van der Waals surface area contributed by atoms with Gasteiger partial charge in [-0.15, -0.1) is 0 Å². The lowest BCUT2D eigenvalue weighted by Crippen LogP contribution is -2.33. The van der Waals surface area contributed by atoms with E-state index in [0.717, 1.165) is 66.4 Å². The summed E-state index contributed by atoms with van der Waals surface area (Å²) in [6.45, 7) is 0. The van der Waals surface area contributed by atoms with Crippen LogP contribution in [0.5, 0.6) is 0 Å². The molecule has 6 aromatic carbocycles. The molecule has 0 spiro atoms. The van der Waals surface area contributed by atoms with Crippen molar-refractivity contribution in [2.24, 2.45) is 9.98 Å². The van der Waals surface area contributed by atoms with E-state index in [4.69, 9.17) is 15.0 Å². The smallest absolute Gasteiger partial charge is 0.159 e. The van der Waals surface area contributed by atoms with Crippen LogP contribution in [0, 0.1) is 0 Å². The minimum Gasteiger partial charge on any atom is -0.344 e. The molecule has 0 bridgehead atoms. The van der Waals surface area contributed by atoms with Gasteiger partial charge in [0, 0.05) is 32.7 Å². The first-order valence-corrected chi connectivity index (χ1v) is 15.5. The normalized spacial score (nSPS) is 15.2. The van der Waals surface area contributed by atoms with Crippen LogP contribution in [0.25, 0.3) is 54.6 Å². The van der Waals surface area contributed by atoms with Crippen molar-refractivity contribution in [1.29, 1.82) is 0 Å². The van der Waals surface area contributed by atoms with Crippen LogP contribution in [0.3, 0.4) is 0 Å². The second-order valence-corrected chi connectivity index (χ2v) is 11.8. The van der Waals surface area contributed by atoms with Gasteiger partial charge in [-0.1, -0.05) is 115 Å². The molecule has 0 saturated carbocycles. The molecule has 1 aliphatic heterocycles. The first kappa shape index (κ1) is 25.1. The Balaban J connectivity index is 1.39. The van der Waals surface area contributed by atoms with Gasteiger partial charge in [0.2, 0.25) is 0 Å². The monoisotopic (exact) mass is 590 g/mol. The molecular weight excluding hydrogens is 564 g/mol. The second-order valence-electron chi connectivity index (χ2n) is 11.8. The molecule has 1 aliphatic rings. The SMILES string of the molecule is c1ccc(C2=NC(c3ccccc3)NC(c3cccc4c3c3cccc5ncn(c6cccc7c8ccccc8n4c76)c53)=N2)cc1. The number of para-hydroxylation sites is 3. The van der Waals surface area contributed by atoms with E-state index in [9.17, 15) is 0 Å². The van der Waals surface area contributed by atoms with Crippen LogP contribution >= 0.6 is 0 Å². The standard InChI is InChI=1S/C40H26N6/c1-3-12-25(13-4-1)38-42-39(26-14-5-2-6-15-26)44-40(43-38)30-19-11-22-33-35(30)29-18-9-20-31-36(29)45(24-41-31)34-23-10-17-28-27-16-7-8-21-32(27)46(33)37(28)34/h1-24,38H,(H,42,43,44). The maximum atomic E-state index is 5.23. The van der Waals surface area contributed by atoms with Gasteiger partial charge in [-0.25, -0.2) is 15.0 Å². The van der Waals surface area contributed by atoms with Crippen LogP contribution in [-0.2, 0) is 0 Å². The van der Waals surface area contributed by atoms with Gasteiger partial charge in [0.15, 0.2) is 5.84 Å². The highest BCUT2D eigenvalue weighted by Gasteiger charge is 2.24. The van der Waals surface area contributed by atoms with E-state index in [0.29, 0.717) is 5.84 Å². The summed E-state index contributed by atoms with van der Waals surface area (Å²) >= 11 is 0. The molecule has 216 valence electrons. The molecular formula is C40H26N6. The van der Waals surface area contributed by atoms with Crippen molar-refractivity contribution in [3.63, 3.8) is 0 Å². The molecule has 0 fully saturated rings. The summed E-state index contributed by atoms with van der Waals surface area (Å²) in [5.74, 6) is 1.48. The fraction of sp³-hybridized carbons (Fsp3) is 0.0250. The number of nitrogens with one attached hydrogen (secondary N) is 1. The molecule has 9 aromatic rings. The van der Waals surface area contributed by atoms with Crippen LogP contribution in [0.15, 0.2) is 156 Å². The van der Waals surface area contributed by atoms with Gasteiger partial charge in [-0.3, -0.25) is 4.40 Å². The molecule has 0 radical (unpaired) electrons. The Morgan fingerprint density at radius 2 is 1.26 bits per heavy atom. The average Bonchev–Trinajstić information content (AvgIpc) is 3.71. The van der Waals surface area contributed by atoms with Gasteiger partial charge in [0.1, 0.15) is 18.3 Å². The van der Waals surface area contributed by atoms with Gasteiger partial charge >= 0.3 is 0 Å². The molecule has 1 unspecified atom stereocenters. The van der Waals surface area contributed by atoms with Crippen LogP contribution in [0.1, 0.15) is 22.9 Å². The van der Waals surface area contributed by atoms with Crippen molar-refractivity contribution in [3.8, 4) is 0 Å². The Labute approximate surface area is 263 Å². The summed E-state index contributed by atoms with van der Waals surface area (Å²) < 4.78 is 4.67. The lowest BCUT2D eigenvalue weighted by atomic mass is 10.0. The zero-order chi connectivity index (χ0) is 30.2.